The average Bonchev–Trinajstić information content (AvgIpc) is 3.20. The van der Waals surface area contributed by atoms with Crippen molar-refractivity contribution in [2.45, 2.75) is 20.0 Å². The van der Waals surface area contributed by atoms with Gasteiger partial charge in [-0.25, -0.2) is 9.97 Å². The van der Waals surface area contributed by atoms with Gasteiger partial charge >= 0.3 is 0 Å². The normalized spacial score (nSPS) is 11.3. The van der Waals surface area contributed by atoms with E-state index in [1.165, 1.54) is 0 Å². The highest BCUT2D eigenvalue weighted by molar-refractivity contribution is 6.31. The van der Waals surface area contributed by atoms with Gasteiger partial charge < -0.3 is 10.3 Å². The Bertz CT molecular complexity index is 1030. The van der Waals surface area contributed by atoms with Gasteiger partial charge in [-0.1, -0.05) is 11.6 Å². The molecule has 0 bridgehead atoms. The van der Waals surface area contributed by atoms with E-state index >= 15 is 0 Å². The molecule has 6 nitrogen and oxygen atoms in total. The SMILES string of the molecule is CCn1ccc(Cn2c(-c3ccc(N)nc3)nc3cc(Cl)ccc32)n1. The highest BCUT2D eigenvalue weighted by Gasteiger charge is 2.14. The molecule has 0 atom stereocenters. The highest BCUT2D eigenvalue weighted by Crippen LogP contribution is 2.27. The summed E-state index contributed by atoms with van der Waals surface area (Å²) in [6.45, 7) is 3.52. The van der Waals surface area contributed by atoms with Gasteiger partial charge in [0.2, 0.25) is 0 Å². The molecule has 7 heteroatoms. The quantitative estimate of drug-likeness (QED) is 0.609. The van der Waals surface area contributed by atoms with E-state index in [0.29, 0.717) is 17.4 Å². The third-order valence-electron chi connectivity index (χ3n) is 4.09. The second-order valence-electron chi connectivity index (χ2n) is 5.79. The van der Waals surface area contributed by atoms with Crippen LogP contribution in [-0.2, 0) is 13.1 Å². The van der Waals surface area contributed by atoms with Gasteiger partial charge in [0, 0.05) is 29.5 Å². The van der Waals surface area contributed by atoms with E-state index in [2.05, 4.69) is 21.6 Å². The van der Waals surface area contributed by atoms with Crippen LogP contribution in [0.4, 0.5) is 5.82 Å². The molecule has 0 aliphatic heterocycles. The van der Waals surface area contributed by atoms with Gasteiger partial charge in [0.15, 0.2) is 0 Å². The van der Waals surface area contributed by atoms with E-state index in [1.54, 1.807) is 12.3 Å². The number of rotatable bonds is 4. The maximum absolute atomic E-state index is 6.14. The van der Waals surface area contributed by atoms with Crippen LogP contribution in [0.1, 0.15) is 12.6 Å². The number of halogens is 1. The fourth-order valence-corrected chi connectivity index (χ4v) is 3.01. The fourth-order valence-electron chi connectivity index (χ4n) is 2.85. The van der Waals surface area contributed by atoms with Crippen LogP contribution in [0.3, 0.4) is 0 Å². The van der Waals surface area contributed by atoms with Crippen LogP contribution in [0.15, 0.2) is 48.8 Å². The number of nitrogen functional groups attached to an aromatic ring is 1. The van der Waals surface area contributed by atoms with Crippen molar-refractivity contribution in [2.75, 3.05) is 5.73 Å². The predicted octanol–water partition coefficient (Wildman–Crippen LogP) is 3.60. The summed E-state index contributed by atoms with van der Waals surface area (Å²) in [5, 5.41) is 5.24. The van der Waals surface area contributed by atoms with Gasteiger partial charge in [0.25, 0.3) is 0 Å². The van der Waals surface area contributed by atoms with Crippen LogP contribution in [0.5, 0.6) is 0 Å². The van der Waals surface area contributed by atoms with Crippen LogP contribution in [0.2, 0.25) is 5.02 Å². The number of anilines is 1. The zero-order valence-electron chi connectivity index (χ0n) is 13.7. The van der Waals surface area contributed by atoms with Gasteiger partial charge in [0.1, 0.15) is 11.6 Å². The number of nitrogens with two attached hydrogens (primary N) is 1. The number of nitrogens with zero attached hydrogens (tertiary/aromatic N) is 5. The van der Waals surface area contributed by atoms with E-state index in [4.69, 9.17) is 22.3 Å². The van der Waals surface area contributed by atoms with Crippen LogP contribution >= 0.6 is 11.6 Å². The van der Waals surface area contributed by atoms with Gasteiger partial charge in [-0.05, 0) is 43.3 Å². The number of pyridine rings is 1. The van der Waals surface area contributed by atoms with Crippen LogP contribution in [0, 0.1) is 0 Å². The van der Waals surface area contributed by atoms with E-state index in [-0.39, 0.29) is 0 Å². The Hall–Kier alpha value is -2.86. The maximum atomic E-state index is 6.14. The van der Waals surface area contributed by atoms with E-state index in [0.717, 1.165) is 34.7 Å². The number of imidazole rings is 1. The minimum Gasteiger partial charge on any atom is -0.384 e. The third-order valence-corrected chi connectivity index (χ3v) is 4.33. The Labute approximate surface area is 149 Å². The summed E-state index contributed by atoms with van der Waals surface area (Å²) in [7, 11) is 0. The summed E-state index contributed by atoms with van der Waals surface area (Å²) in [5.41, 5.74) is 9.43. The zero-order valence-corrected chi connectivity index (χ0v) is 14.5. The van der Waals surface area contributed by atoms with Crippen molar-refractivity contribution in [1.82, 2.24) is 24.3 Å². The van der Waals surface area contributed by atoms with E-state index < -0.39 is 0 Å². The van der Waals surface area contributed by atoms with Crippen LogP contribution in [0.25, 0.3) is 22.4 Å². The van der Waals surface area contributed by atoms with Crippen molar-refractivity contribution < 1.29 is 0 Å². The number of benzene rings is 1. The Morgan fingerprint density at radius 2 is 2.04 bits per heavy atom. The minimum atomic E-state index is 0.483. The average molecular weight is 353 g/mol. The number of fused-ring (bicyclic) bond motifs is 1. The van der Waals surface area contributed by atoms with E-state index in [9.17, 15) is 0 Å². The van der Waals surface area contributed by atoms with Crippen LogP contribution < -0.4 is 5.73 Å². The molecule has 3 aromatic heterocycles. The van der Waals surface area contributed by atoms with Crippen molar-refractivity contribution in [3.05, 3.63) is 59.5 Å². The number of aryl methyl sites for hydroxylation is 1. The smallest absolute Gasteiger partial charge is 0.143 e. The maximum Gasteiger partial charge on any atom is 0.143 e. The van der Waals surface area contributed by atoms with E-state index in [1.807, 2.05) is 41.2 Å². The molecule has 0 aliphatic carbocycles. The monoisotopic (exact) mass is 352 g/mol. The Kier molecular flexibility index (Phi) is 3.89. The highest BCUT2D eigenvalue weighted by atomic mass is 35.5. The number of hydrogen-bond acceptors (Lipinski definition) is 4. The summed E-state index contributed by atoms with van der Waals surface area (Å²) in [6.07, 6.45) is 3.72. The first-order valence-corrected chi connectivity index (χ1v) is 8.42. The summed E-state index contributed by atoms with van der Waals surface area (Å²) in [5.74, 6) is 1.30. The third kappa shape index (κ3) is 2.96. The Balaban J connectivity index is 1.86. The molecular weight excluding hydrogens is 336 g/mol. The molecule has 0 aliphatic rings. The molecular formula is C18H17ClN6. The number of hydrogen-bond donors (Lipinski definition) is 1. The Morgan fingerprint density at radius 1 is 1.16 bits per heavy atom. The van der Waals surface area contributed by atoms with Gasteiger partial charge in [-0.15, -0.1) is 0 Å². The molecule has 2 N–H and O–H groups in total. The largest absolute Gasteiger partial charge is 0.384 e. The molecule has 0 radical (unpaired) electrons. The molecule has 25 heavy (non-hydrogen) atoms. The lowest BCUT2D eigenvalue weighted by molar-refractivity contribution is 0.639. The van der Waals surface area contributed by atoms with Gasteiger partial charge in [-0.2, -0.15) is 5.10 Å². The molecule has 0 unspecified atom stereocenters. The van der Waals surface area contributed by atoms with Gasteiger partial charge in [-0.3, -0.25) is 4.68 Å². The molecule has 0 saturated carbocycles. The zero-order chi connectivity index (χ0) is 17.4. The minimum absolute atomic E-state index is 0.483. The second kappa shape index (κ2) is 6.22. The molecule has 0 fully saturated rings. The molecule has 4 aromatic rings. The first-order chi connectivity index (χ1) is 12.1. The molecule has 0 saturated heterocycles. The molecule has 0 spiro atoms. The second-order valence-corrected chi connectivity index (χ2v) is 6.23. The van der Waals surface area contributed by atoms with Crippen molar-refractivity contribution in [3.63, 3.8) is 0 Å². The molecule has 0 amide bonds. The fraction of sp³-hybridized carbons (Fsp3) is 0.167. The summed E-state index contributed by atoms with van der Waals surface area (Å²) in [4.78, 5) is 8.95. The molecule has 4 rings (SSSR count). The standard InChI is InChI=1S/C18H17ClN6/c1-2-24-8-7-14(23-24)11-25-16-5-4-13(19)9-15(16)22-18(25)12-3-6-17(20)21-10-12/h3-10H,2,11H2,1H3,(H2,20,21). The lowest BCUT2D eigenvalue weighted by Crippen LogP contribution is -2.04. The summed E-state index contributed by atoms with van der Waals surface area (Å²) >= 11 is 6.14. The first kappa shape index (κ1) is 15.7. The summed E-state index contributed by atoms with van der Waals surface area (Å²) < 4.78 is 4.04. The molecule has 3 heterocycles. The van der Waals surface area contributed by atoms with Crippen molar-refractivity contribution in [3.8, 4) is 11.4 Å². The van der Waals surface area contributed by atoms with Gasteiger partial charge in [0.05, 0.1) is 23.3 Å². The lowest BCUT2D eigenvalue weighted by atomic mass is 10.2. The molecule has 126 valence electrons. The topological polar surface area (TPSA) is 74.5 Å². The summed E-state index contributed by atoms with van der Waals surface area (Å²) in [6, 6.07) is 11.4. The van der Waals surface area contributed by atoms with Crippen molar-refractivity contribution in [1.29, 1.82) is 0 Å². The lowest BCUT2D eigenvalue weighted by Gasteiger charge is -2.08. The number of aromatic nitrogens is 5. The first-order valence-electron chi connectivity index (χ1n) is 8.04. The predicted molar refractivity (Wildman–Crippen MR) is 99.4 cm³/mol. The molecule has 1 aromatic carbocycles. The van der Waals surface area contributed by atoms with Crippen LogP contribution in [-0.4, -0.2) is 24.3 Å². The van der Waals surface area contributed by atoms with Crippen molar-refractivity contribution in [2.24, 2.45) is 0 Å². The van der Waals surface area contributed by atoms with Crippen molar-refractivity contribution >= 4 is 28.5 Å². The Morgan fingerprint density at radius 3 is 2.76 bits per heavy atom.